The summed E-state index contributed by atoms with van der Waals surface area (Å²) in [6.07, 6.45) is 2.15. The highest BCUT2D eigenvalue weighted by Gasteiger charge is 2.45. The summed E-state index contributed by atoms with van der Waals surface area (Å²) in [7, 11) is -2.15. The highest BCUT2D eigenvalue weighted by atomic mass is 28.4. The smallest absolute Gasteiger partial charge is 0.251 e. The van der Waals surface area contributed by atoms with Gasteiger partial charge >= 0.3 is 0 Å². The fraction of sp³-hybridized carbons (Fsp3) is 0.895. The van der Waals surface area contributed by atoms with Crippen LogP contribution < -0.4 is 0 Å². The van der Waals surface area contributed by atoms with Crippen molar-refractivity contribution in [3.63, 3.8) is 0 Å². The summed E-state index contributed by atoms with van der Waals surface area (Å²) in [6, 6.07) is -0.329. The molecule has 0 unspecified atom stereocenters. The number of carbonyl (C=O) groups is 2. The summed E-state index contributed by atoms with van der Waals surface area (Å²) in [6.45, 7) is 15.6. The summed E-state index contributed by atoms with van der Waals surface area (Å²) in [4.78, 5) is 26.3. The molecular weight excluding hydrogens is 350 g/mol. The van der Waals surface area contributed by atoms with Crippen LogP contribution in [0.5, 0.6) is 0 Å². The Balaban J connectivity index is 2.18. The predicted molar refractivity (Wildman–Crippen MR) is 102 cm³/mol. The number of nitrogens with zero attached hydrogens (tertiary/aromatic N) is 1. The minimum atomic E-state index is -2.15. The Morgan fingerprint density at radius 3 is 2.54 bits per heavy atom. The molecule has 2 aliphatic rings. The number of hydrogen-bond acceptors (Lipinski definition) is 5. The molecule has 3 atom stereocenters. The first-order valence-corrected chi connectivity index (χ1v) is 12.5. The van der Waals surface area contributed by atoms with Crippen molar-refractivity contribution < 1.29 is 23.5 Å². The number of amides is 1. The molecular formula is C19H35NO5Si. The van der Waals surface area contributed by atoms with E-state index in [1.165, 1.54) is 0 Å². The van der Waals surface area contributed by atoms with Crippen LogP contribution in [0.2, 0.25) is 18.1 Å². The summed E-state index contributed by atoms with van der Waals surface area (Å²) in [5.41, 5.74) is 0. The SMILES string of the molecule is CC1(C)OC[C@H](C[C@@H](O[Si](C)(C)C(C)(C)C)C(=O)N2CCC[C@H]2C=O)O1. The molecule has 2 heterocycles. The van der Waals surface area contributed by atoms with Gasteiger partial charge in [0.15, 0.2) is 14.1 Å². The third-order valence-corrected chi connectivity index (χ3v) is 10.3. The van der Waals surface area contributed by atoms with E-state index in [4.69, 9.17) is 13.9 Å². The summed E-state index contributed by atoms with van der Waals surface area (Å²) in [5, 5.41) is -0.00704. The van der Waals surface area contributed by atoms with Crippen molar-refractivity contribution in [2.24, 2.45) is 0 Å². The lowest BCUT2D eigenvalue weighted by atomic mass is 10.1. The van der Waals surface area contributed by atoms with E-state index in [2.05, 4.69) is 33.9 Å². The largest absolute Gasteiger partial charge is 0.405 e. The molecule has 0 aliphatic carbocycles. The normalized spacial score (nSPS) is 27.6. The maximum atomic E-state index is 13.2. The van der Waals surface area contributed by atoms with E-state index < -0.39 is 20.2 Å². The molecule has 6 nitrogen and oxygen atoms in total. The van der Waals surface area contributed by atoms with Gasteiger partial charge in [-0.2, -0.15) is 0 Å². The van der Waals surface area contributed by atoms with Gasteiger partial charge in [0, 0.05) is 13.0 Å². The van der Waals surface area contributed by atoms with E-state index in [1.807, 2.05) is 13.8 Å². The first-order valence-electron chi connectivity index (χ1n) is 9.62. The first kappa shape index (κ1) is 21.5. The van der Waals surface area contributed by atoms with E-state index in [0.717, 1.165) is 19.1 Å². The number of likely N-dealkylation sites (tertiary alicyclic amines) is 1. The van der Waals surface area contributed by atoms with Crippen molar-refractivity contribution in [2.75, 3.05) is 13.2 Å². The van der Waals surface area contributed by atoms with Crippen molar-refractivity contribution in [3.05, 3.63) is 0 Å². The Morgan fingerprint density at radius 1 is 1.38 bits per heavy atom. The van der Waals surface area contributed by atoms with Crippen LogP contribution in [0.3, 0.4) is 0 Å². The second-order valence-electron chi connectivity index (χ2n) is 9.43. The summed E-state index contributed by atoms with van der Waals surface area (Å²) < 4.78 is 18.1. The molecule has 0 aromatic heterocycles. The van der Waals surface area contributed by atoms with Crippen LogP contribution in [0, 0.1) is 0 Å². The van der Waals surface area contributed by atoms with Gasteiger partial charge in [0.1, 0.15) is 12.4 Å². The van der Waals surface area contributed by atoms with Crippen molar-refractivity contribution in [3.8, 4) is 0 Å². The zero-order valence-corrected chi connectivity index (χ0v) is 18.3. The molecule has 0 spiro atoms. The van der Waals surface area contributed by atoms with Crippen LogP contribution in [0.4, 0.5) is 0 Å². The molecule has 0 saturated carbocycles. The topological polar surface area (TPSA) is 65.1 Å². The molecule has 2 fully saturated rings. The van der Waals surface area contributed by atoms with Crippen LogP contribution in [0.1, 0.15) is 53.9 Å². The number of ether oxygens (including phenoxy) is 2. The van der Waals surface area contributed by atoms with Crippen LogP contribution >= 0.6 is 0 Å². The average Bonchev–Trinajstić information content (AvgIpc) is 3.10. The lowest BCUT2D eigenvalue weighted by Gasteiger charge is -2.40. The van der Waals surface area contributed by atoms with Gasteiger partial charge in [-0.3, -0.25) is 4.79 Å². The van der Waals surface area contributed by atoms with E-state index in [0.29, 0.717) is 19.6 Å². The van der Waals surface area contributed by atoms with Gasteiger partial charge in [-0.25, -0.2) is 0 Å². The fourth-order valence-electron chi connectivity index (χ4n) is 3.24. The Hall–Kier alpha value is -0.763. The summed E-state index contributed by atoms with van der Waals surface area (Å²) in [5.74, 6) is -0.716. The first-order chi connectivity index (χ1) is 11.9. The molecule has 1 amide bonds. The molecule has 0 bridgehead atoms. The van der Waals surface area contributed by atoms with E-state index in [9.17, 15) is 9.59 Å². The van der Waals surface area contributed by atoms with Crippen molar-refractivity contribution >= 4 is 20.5 Å². The Bertz CT molecular complexity index is 529. The van der Waals surface area contributed by atoms with Crippen molar-refractivity contribution in [2.45, 2.75) is 96.1 Å². The lowest BCUT2D eigenvalue weighted by Crippen LogP contribution is -2.51. The molecule has 0 aromatic carbocycles. The molecule has 26 heavy (non-hydrogen) atoms. The van der Waals surface area contributed by atoms with E-state index >= 15 is 0 Å². The van der Waals surface area contributed by atoms with Gasteiger partial charge in [-0.15, -0.1) is 0 Å². The highest BCUT2D eigenvalue weighted by molar-refractivity contribution is 6.74. The molecule has 2 aliphatic heterocycles. The monoisotopic (exact) mass is 385 g/mol. The van der Waals surface area contributed by atoms with Gasteiger partial charge < -0.3 is 23.6 Å². The third kappa shape index (κ3) is 4.94. The minimum absolute atomic E-state index is 0.00704. The standard InChI is InChI=1S/C19H35NO5Si/c1-18(2,3)26(6,7)25-16(11-15-13-23-19(4,5)24-15)17(22)20-10-8-9-14(20)12-21/h12,14-16H,8-11,13H2,1-7H3/t14-,15-,16+/m0/s1. The van der Waals surface area contributed by atoms with E-state index in [1.54, 1.807) is 4.90 Å². The fourth-order valence-corrected chi connectivity index (χ4v) is 4.50. The summed E-state index contributed by atoms with van der Waals surface area (Å²) >= 11 is 0. The van der Waals surface area contributed by atoms with Gasteiger partial charge in [-0.05, 0) is 44.8 Å². The zero-order valence-electron chi connectivity index (χ0n) is 17.3. The number of carbonyl (C=O) groups excluding carboxylic acids is 2. The van der Waals surface area contributed by atoms with Crippen molar-refractivity contribution in [1.29, 1.82) is 0 Å². The Kier molecular flexibility index (Phi) is 6.37. The van der Waals surface area contributed by atoms with Gasteiger partial charge in [0.05, 0.1) is 18.8 Å². The number of rotatable bonds is 6. The minimum Gasteiger partial charge on any atom is -0.405 e. The molecule has 0 aromatic rings. The lowest BCUT2D eigenvalue weighted by molar-refractivity contribution is -0.150. The number of hydrogen-bond donors (Lipinski definition) is 0. The van der Waals surface area contributed by atoms with Crippen LogP contribution in [-0.2, 0) is 23.5 Å². The van der Waals surface area contributed by atoms with Crippen LogP contribution in [0.25, 0.3) is 0 Å². The van der Waals surface area contributed by atoms with Crippen LogP contribution in [0.15, 0.2) is 0 Å². The molecule has 0 N–H and O–H groups in total. The quantitative estimate of drug-likeness (QED) is 0.519. The zero-order chi connectivity index (χ0) is 19.8. The van der Waals surface area contributed by atoms with E-state index in [-0.39, 0.29) is 23.1 Å². The van der Waals surface area contributed by atoms with Crippen LogP contribution in [-0.4, -0.2) is 62.6 Å². The molecule has 0 radical (unpaired) electrons. The maximum Gasteiger partial charge on any atom is 0.251 e. The van der Waals surface area contributed by atoms with Gasteiger partial charge in [0.25, 0.3) is 5.91 Å². The second kappa shape index (κ2) is 7.70. The number of aldehydes is 1. The maximum absolute atomic E-state index is 13.2. The molecule has 2 saturated heterocycles. The highest BCUT2D eigenvalue weighted by Crippen LogP contribution is 2.38. The Morgan fingerprint density at radius 2 is 2.04 bits per heavy atom. The van der Waals surface area contributed by atoms with Crippen molar-refractivity contribution in [1.82, 2.24) is 4.90 Å². The molecule has 150 valence electrons. The average molecular weight is 386 g/mol. The third-order valence-electron chi connectivity index (χ3n) is 5.80. The Labute approximate surface area is 158 Å². The molecule has 2 rings (SSSR count). The van der Waals surface area contributed by atoms with Gasteiger partial charge in [0.2, 0.25) is 0 Å². The van der Waals surface area contributed by atoms with Gasteiger partial charge in [-0.1, -0.05) is 20.8 Å². The predicted octanol–water partition coefficient (Wildman–Crippen LogP) is 3.11. The molecule has 7 heteroatoms. The second-order valence-corrected chi connectivity index (χ2v) is 14.2.